The maximum absolute atomic E-state index is 12.5. The average Bonchev–Trinajstić information content (AvgIpc) is 3.51. The van der Waals surface area contributed by atoms with Gasteiger partial charge in [-0.1, -0.05) is 6.07 Å². The molecule has 0 unspecified atom stereocenters. The third-order valence-corrected chi connectivity index (χ3v) is 6.56. The summed E-state index contributed by atoms with van der Waals surface area (Å²) >= 11 is 0. The number of likely N-dealkylation sites (N-methyl/N-ethyl adjacent to an activating group) is 1. The van der Waals surface area contributed by atoms with Crippen LogP contribution in [0.25, 0.3) is 10.9 Å². The lowest BCUT2D eigenvalue weighted by atomic mass is 10.0. The molecular formula is C28H33N3O6. The van der Waals surface area contributed by atoms with Crippen LogP contribution < -0.4 is 15.4 Å². The number of fused-ring (bicyclic) bond motifs is 1. The number of hydrogen-bond donors (Lipinski definition) is 2. The summed E-state index contributed by atoms with van der Waals surface area (Å²) in [5, 5.41) is 6.57. The second-order valence-corrected chi connectivity index (χ2v) is 9.10. The van der Waals surface area contributed by atoms with Crippen molar-refractivity contribution in [2.24, 2.45) is 0 Å². The SMILES string of the molecule is CCNC(=O)Cn1cc(Cc2ccc(C(=O)OC)cc2OC)c2cc(NC(=O)OC3CCCC3)ccc21. The van der Waals surface area contributed by atoms with E-state index < -0.39 is 12.1 Å². The van der Waals surface area contributed by atoms with Crippen molar-refractivity contribution in [2.45, 2.75) is 51.7 Å². The predicted molar refractivity (Wildman–Crippen MR) is 140 cm³/mol. The number of esters is 1. The molecule has 0 aliphatic heterocycles. The topological polar surface area (TPSA) is 108 Å². The van der Waals surface area contributed by atoms with Gasteiger partial charge in [-0.2, -0.15) is 0 Å². The Labute approximate surface area is 216 Å². The first-order valence-electron chi connectivity index (χ1n) is 12.5. The lowest BCUT2D eigenvalue weighted by Crippen LogP contribution is -2.26. The Balaban J connectivity index is 1.66. The van der Waals surface area contributed by atoms with E-state index in [1.54, 1.807) is 19.2 Å². The first kappa shape index (κ1) is 26.1. The molecule has 0 spiro atoms. The highest BCUT2D eigenvalue weighted by Crippen LogP contribution is 2.31. The van der Waals surface area contributed by atoms with Crippen LogP contribution in [-0.2, 0) is 27.2 Å². The van der Waals surface area contributed by atoms with Crippen molar-refractivity contribution in [3.63, 3.8) is 0 Å². The minimum absolute atomic E-state index is 0.0297. The molecule has 4 rings (SSSR count). The van der Waals surface area contributed by atoms with Crippen LogP contribution >= 0.6 is 0 Å². The fraction of sp³-hybridized carbons (Fsp3) is 0.393. The molecule has 2 amide bonds. The number of rotatable bonds is 9. The number of amides is 2. The molecule has 1 saturated carbocycles. The van der Waals surface area contributed by atoms with Gasteiger partial charge in [0.05, 0.1) is 19.8 Å². The molecule has 37 heavy (non-hydrogen) atoms. The Morgan fingerprint density at radius 1 is 1.03 bits per heavy atom. The molecule has 196 valence electrons. The van der Waals surface area contributed by atoms with Crippen molar-refractivity contribution in [3.8, 4) is 5.75 Å². The van der Waals surface area contributed by atoms with Crippen LogP contribution in [0.5, 0.6) is 5.75 Å². The van der Waals surface area contributed by atoms with E-state index in [4.69, 9.17) is 14.2 Å². The van der Waals surface area contributed by atoms with Gasteiger partial charge < -0.3 is 24.1 Å². The van der Waals surface area contributed by atoms with Crippen molar-refractivity contribution in [1.29, 1.82) is 0 Å². The van der Waals surface area contributed by atoms with Gasteiger partial charge in [-0.05, 0) is 74.1 Å². The minimum atomic E-state index is -0.463. The number of benzene rings is 2. The number of nitrogens with zero attached hydrogens (tertiary/aromatic N) is 1. The number of methoxy groups -OCH3 is 2. The van der Waals surface area contributed by atoms with Crippen LogP contribution in [0.2, 0.25) is 0 Å². The summed E-state index contributed by atoms with van der Waals surface area (Å²) in [4.78, 5) is 36.8. The molecule has 2 N–H and O–H groups in total. The van der Waals surface area contributed by atoms with Gasteiger partial charge in [-0.3, -0.25) is 10.1 Å². The van der Waals surface area contributed by atoms with Crippen LogP contribution in [0.4, 0.5) is 10.5 Å². The average molecular weight is 508 g/mol. The molecule has 1 aliphatic rings. The summed E-state index contributed by atoms with van der Waals surface area (Å²) in [7, 11) is 2.89. The maximum Gasteiger partial charge on any atom is 0.411 e. The van der Waals surface area contributed by atoms with Crippen molar-refractivity contribution in [1.82, 2.24) is 9.88 Å². The molecule has 0 bridgehead atoms. The molecule has 1 fully saturated rings. The fourth-order valence-electron chi connectivity index (χ4n) is 4.77. The van der Waals surface area contributed by atoms with Crippen molar-refractivity contribution >= 4 is 34.6 Å². The van der Waals surface area contributed by atoms with Gasteiger partial charge in [0.1, 0.15) is 18.4 Å². The lowest BCUT2D eigenvalue weighted by Gasteiger charge is -2.13. The van der Waals surface area contributed by atoms with Crippen LogP contribution in [0.1, 0.15) is 54.1 Å². The van der Waals surface area contributed by atoms with Crippen molar-refractivity contribution in [2.75, 3.05) is 26.1 Å². The normalized spacial score (nSPS) is 13.4. The van der Waals surface area contributed by atoms with Gasteiger partial charge in [0.25, 0.3) is 0 Å². The predicted octanol–water partition coefficient (Wildman–Crippen LogP) is 4.65. The molecule has 1 heterocycles. The summed E-state index contributed by atoms with van der Waals surface area (Å²) in [6.45, 7) is 2.59. The smallest absolute Gasteiger partial charge is 0.411 e. The second kappa shape index (κ2) is 11.8. The maximum atomic E-state index is 12.5. The van der Waals surface area contributed by atoms with Gasteiger partial charge in [-0.25, -0.2) is 9.59 Å². The summed E-state index contributed by atoms with van der Waals surface area (Å²) in [6.07, 6.45) is 5.89. The van der Waals surface area contributed by atoms with E-state index in [-0.39, 0.29) is 18.6 Å². The number of hydrogen-bond acceptors (Lipinski definition) is 6. The lowest BCUT2D eigenvalue weighted by molar-refractivity contribution is -0.121. The number of nitrogens with one attached hydrogen (secondary N) is 2. The number of ether oxygens (including phenoxy) is 3. The molecule has 3 aromatic rings. The van der Waals surface area contributed by atoms with E-state index in [2.05, 4.69) is 10.6 Å². The van der Waals surface area contributed by atoms with Crippen LogP contribution in [0.3, 0.4) is 0 Å². The first-order valence-corrected chi connectivity index (χ1v) is 12.5. The van der Waals surface area contributed by atoms with Gasteiger partial charge in [0.2, 0.25) is 5.91 Å². The van der Waals surface area contributed by atoms with E-state index in [1.807, 2.05) is 42.0 Å². The summed E-state index contributed by atoms with van der Waals surface area (Å²) in [5.74, 6) is 0.0267. The van der Waals surface area contributed by atoms with Gasteiger partial charge in [-0.15, -0.1) is 0 Å². The largest absolute Gasteiger partial charge is 0.496 e. The molecule has 2 aromatic carbocycles. The van der Waals surface area contributed by atoms with Crippen molar-refractivity contribution in [3.05, 3.63) is 59.3 Å². The molecule has 0 atom stereocenters. The molecule has 1 aliphatic carbocycles. The standard InChI is InChI=1S/C28H33N3O6/c1-4-29-26(32)17-31-16-20(13-18-9-10-19(27(33)36-3)14-25(18)35-2)23-15-21(11-12-24(23)31)30-28(34)37-22-7-5-6-8-22/h9-12,14-16,22H,4-8,13,17H2,1-3H3,(H,29,32)(H,30,34). The van der Waals surface area contributed by atoms with E-state index in [0.717, 1.165) is 47.7 Å². The number of aromatic nitrogens is 1. The third kappa shape index (κ3) is 6.22. The highest BCUT2D eigenvalue weighted by atomic mass is 16.6. The molecule has 9 heteroatoms. The number of anilines is 1. The Morgan fingerprint density at radius 2 is 1.81 bits per heavy atom. The summed E-state index contributed by atoms with van der Waals surface area (Å²) < 4.78 is 17.8. The molecule has 0 saturated heterocycles. The van der Waals surface area contributed by atoms with E-state index in [9.17, 15) is 14.4 Å². The highest BCUT2D eigenvalue weighted by molar-refractivity contribution is 5.93. The zero-order valence-electron chi connectivity index (χ0n) is 21.5. The van der Waals surface area contributed by atoms with Crippen LogP contribution in [0.15, 0.2) is 42.6 Å². The zero-order chi connectivity index (χ0) is 26.4. The first-order chi connectivity index (χ1) is 17.9. The van der Waals surface area contributed by atoms with Gasteiger partial charge >= 0.3 is 12.1 Å². The Bertz CT molecular complexity index is 1290. The van der Waals surface area contributed by atoms with Gasteiger partial charge in [0, 0.05) is 35.8 Å². The zero-order valence-corrected chi connectivity index (χ0v) is 21.5. The van der Waals surface area contributed by atoms with Crippen molar-refractivity contribution < 1.29 is 28.6 Å². The number of carbonyl (C=O) groups is 3. The quantitative estimate of drug-likeness (QED) is 0.408. The molecule has 0 radical (unpaired) electrons. The monoisotopic (exact) mass is 507 g/mol. The van der Waals surface area contributed by atoms with E-state index in [1.165, 1.54) is 7.11 Å². The third-order valence-electron chi connectivity index (χ3n) is 6.56. The Morgan fingerprint density at radius 3 is 2.51 bits per heavy atom. The van der Waals surface area contributed by atoms with E-state index >= 15 is 0 Å². The second-order valence-electron chi connectivity index (χ2n) is 9.10. The minimum Gasteiger partial charge on any atom is -0.496 e. The van der Waals surface area contributed by atoms with E-state index in [0.29, 0.717) is 30.0 Å². The molecule has 9 nitrogen and oxygen atoms in total. The summed E-state index contributed by atoms with van der Waals surface area (Å²) in [5.41, 5.74) is 3.68. The van der Waals surface area contributed by atoms with Crippen LogP contribution in [0, 0.1) is 0 Å². The molecule has 1 aromatic heterocycles. The van der Waals surface area contributed by atoms with Crippen LogP contribution in [-0.4, -0.2) is 49.4 Å². The Hall–Kier alpha value is -4.01. The highest BCUT2D eigenvalue weighted by Gasteiger charge is 2.20. The molecular weight excluding hydrogens is 474 g/mol. The Kier molecular flexibility index (Phi) is 8.32. The summed E-state index contributed by atoms with van der Waals surface area (Å²) in [6, 6.07) is 10.8. The number of carbonyl (C=O) groups excluding carboxylic acids is 3. The van der Waals surface area contributed by atoms with Gasteiger partial charge in [0.15, 0.2) is 0 Å². The fourth-order valence-corrected chi connectivity index (χ4v) is 4.77.